The van der Waals surface area contributed by atoms with Crippen molar-refractivity contribution >= 4 is 108 Å². The number of hydrogen-bond donors (Lipinski definition) is 0. The van der Waals surface area contributed by atoms with Gasteiger partial charge in [-0.05, 0) is 170 Å². The third-order valence-electron chi connectivity index (χ3n) is 17.9. The fourth-order valence-electron chi connectivity index (χ4n) is 14.1. The van der Waals surface area contributed by atoms with E-state index in [1.807, 2.05) is 0 Å². The van der Waals surface area contributed by atoms with Crippen LogP contribution in [0.2, 0.25) is 0 Å². The lowest BCUT2D eigenvalue weighted by molar-refractivity contribution is 1.18. The minimum absolute atomic E-state index is 1.16. The Morgan fingerprint density at radius 3 is 1.15 bits per heavy atom. The highest BCUT2D eigenvalue weighted by Gasteiger charge is 2.20. The normalized spacial score (nSPS) is 11.7. The molecule has 0 fully saturated rings. The van der Waals surface area contributed by atoms with Crippen molar-refractivity contribution in [3.63, 3.8) is 0 Å². The van der Waals surface area contributed by atoms with Gasteiger partial charge in [-0.1, -0.05) is 267 Å². The SMILES string of the molecule is c1ccc(-c2c3ccccc3c(-c3ccc(-n4c5ccc6ccccc6c5c5c6ccccc6ccc54)cc3)c3ccccc23)cc1.c1ccc(-n2c3ccccc3c3cc(-c4ccc(-c5cc6ccccc6c6ccccc56)cc4)ccc32)cc1. The van der Waals surface area contributed by atoms with Gasteiger partial charge >= 0.3 is 0 Å². The van der Waals surface area contributed by atoms with Gasteiger partial charge in [0.25, 0.3) is 0 Å². The van der Waals surface area contributed by atoms with Crippen molar-refractivity contribution in [3.05, 3.63) is 328 Å². The van der Waals surface area contributed by atoms with Crippen LogP contribution in [-0.4, -0.2) is 9.13 Å². The molecule has 0 bridgehead atoms. The lowest BCUT2D eigenvalue weighted by Gasteiger charge is -2.18. The van der Waals surface area contributed by atoms with E-state index in [0.29, 0.717) is 0 Å². The van der Waals surface area contributed by atoms with Crippen LogP contribution in [0.15, 0.2) is 328 Å². The first-order chi connectivity index (χ1) is 42.7. The number of aromatic nitrogens is 2. The average molecular weight is 1090 g/mol. The highest BCUT2D eigenvalue weighted by Crippen LogP contribution is 2.46. The van der Waals surface area contributed by atoms with Crippen LogP contribution in [0, 0.1) is 0 Å². The maximum atomic E-state index is 2.45. The van der Waals surface area contributed by atoms with Crippen LogP contribution >= 0.6 is 0 Å². The molecule has 18 aromatic rings. The largest absolute Gasteiger partial charge is 0.309 e. The molecule has 0 saturated heterocycles. The van der Waals surface area contributed by atoms with Gasteiger partial charge in [-0.25, -0.2) is 0 Å². The van der Waals surface area contributed by atoms with Crippen LogP contribution in [0.25, 0.3) is 164 Å². The standard InChI is InChI=1S/C46H29N.C38H25N/c1-2-14-32(15-3-1)43-37-18-8-10-20-39(37)44(40-21-11-9-19-38(40)43)33-22-26-34(27-23-33)47-41-28-24-30-12-4-6-16-35(30)45(41)46-36-17-7-5-13-31(36)25-29-42(46)47;1-2-11-30(12-3-1)39-37-17-9-8-16-34(37)36-24-28(22-23-38(36)39)26-18-20-27(21-19-26)35-25-29-10-4-5-13-31(29)32-14-6-7-15-33(32)35/h1-29H;1-25H. The Labute approximate surface area is 497 Å². The lowest BCUT2D eigenvalue weighted by Crippen LogP contribution is -1.95. The molecule has 0 radical (unpaired) electrons. The van der Waals surface area contributed by atoms with Gasteiger partial charge in [0.1, 0.15) is 0 Å². The van der Waals surface area contributed by atoms with Crippen LogP contribution in [0.5, 0.6) is 0 Å². The monoisotopic (exact) mass is 1090 g/mol. The molecule has 0 aliphatic heterocycles. The Bertz CT molecular complexity index is 5520. The summed E-state index contributed by atoms with van der Waals surface area (Å²) in [4.78, 5) is 0. The highest BCUT2D eigenvalue weighted by molar-refractivity contribution is 6.29. The Balaban J connectivity index is 0.000000137. The summed E-state index contributed by atoms with van der Waals surface area (Å²) in [7, 11) is 0. The molecule has 2 aromatic heterocycles. The minimum atomic E-state index is 1.16. The number of fused-ring (bicyclic) bond motifs is 15. The van der Waals surface area contributed by atoms with Crippen LogP contribution < -0.4 is 0 Å². The fraction of sp³-hybridized carbons (Fsp3) is 0. The fourth-order valence-corrected chi connectivity index (χ4v) is 14.1. The van der Waals surface area contributed by atoms with Gasteiger partial charge in [-0.3, -0.25) is 0 Å². The maximum Gasteiger partial charge on any atom is 0.0547 e. The molecule has 2 heteroatoms. The molecule has 0 saturated carbocycles. The van der Waals surface area contributed by atoms with Gasteiger partial charge in [0.15, 0.2) is 0 Å². The number of rotatable bonds is 6. The summed E-state index contributed by atoms with van der Waals surface area (Å²) in [6, 6.07) is 119. The third kappa shape index (κ3) is 7.95. The molecule has 0 atom stereocenters. The molecular formula is C84H54N2. The smallest absolute Gasteiger partial charge is 0.0547 e. The molecule has 0 aliphatic rings. The predicted octanol–water partition coefficient (Wildman–Crippen LogP) is 23.2. The molecule has 400 valence electrons. The van der Waals surface area contributed by atoms with Crippen molar-refractivity contribution < 1.29 is 0 Å². The van der Waals surface area contributed by atoms with E-state index in [1.54, 1.807) is 0 Å². The zero-order chi connectivity index (χ0) is 56.7. The quantitative estimate of drug-likeness (QED) is 0.116. The summed E-state index contributed by atoms with van der Waals surface area (Å²) in [5.41, 5.74) is 17.3. The van der Waals surface area contributed by atoms with E-state index < -0.39 is 0 Å². The maximum absolute atomic E-state index is 2.45. The number of hydrogen-bond acceptors (Lipinski definition) is 0. The topological polar surface area (TPSA) is 9.86 Å². The second-order valence-electron chi connectivity index (χ2n) is 22.6. The van der Waals surface area contributed by atoms with Gasteiger partial charge < -0.3 is 9.13 Å². The second kappa shape index (κ2) is 20.2. The van der Waals surface area contributed by atoms with Gasteiger partial charge in [0, 0.05) is 32.9 Å². The van der Waals surface area contributed by atoms with E-state index in [1.165, 1.54) is 158 Å². The zero-order valence-corrected chi connectivity index (χ0v) is 47.1. The van der Waals surface area contributed by atoms with E-state index >= 15 is 0 Å². The van der Waals surface area contributed by atoms with Crippen molar-refractivity contribution in [1.82, 2.24) is 9.13 Å². The first-order valence-electron chi connectivity index (χ1n) is 29.7. The van der Waals surface area contributed by atoms with Crippen molar-refractivity contribution in [2.45, 2.75) is 0 Å². The van der Waals surface area contributed by atoms with Crippen molar-refractivity contribution in [3.8, 4) is 55.9 Å². The molecular weight excluding hydrogens is 1040 g/mol. The van der Waals surface area contributed by atoms with Gasteiger partial charge in [0.05, 0.1) is 22.1 Å². The average Bonchev–Trinajstić information content (AvgIpc) is 2.41. The summed E-state index contributed by atoms with van der Waals surface area (Å²) in [6.07, 6.45) is 0. The Hall–Kier alpha value is -11.3. The Morgan fingerprint density at radius 1 is 0.174 bits per heavy atom. The van der Waals surface area contributed by atoms with E-state index in [-0.39, 0.29) is 0 Å². The van der Waals surface area contributed by atoms with Crippen LogP contribution in [0.1, 0.15) is 0 Å². The van der Waals surface area contributed by atoms with Crippen molar-refractivity contribution in [2.75, 3.05) is 0 Å². The lowest BCUT2D eigenvalue weighted by atomic mass is 9.86. The Kier molecular flexibility index (Phi) is 11.6. The van der Waals surface area contributed by atoms with Crippen LogP contribution in [0.3, 0.4) is 0 Å². The molecule has 0 unspecified atom stereocenters. The molecule has 2 heterocycles. The third-order valence-corrected chi connectivity index (χ3v) is 17.9. The molecule has 2 nitrogen and oxygen atoms in total. The zero-order valence-electron chi connectivity index (χ0n) is 47.1. The van der Waals surface area contributed by atoms with Crippen molar-refractivity contribution in [1.29, 1.82) is 0 Å². The molecule has 86 heavy (non-hydrogen) atoms. The van der Waals surface area contributed by atoms with E-state index in [4.69, 9.17) is 0 Å². The summed E-state index contributed by atoms with van der Waals surface area (Å²) < 4.78 is 4.81. The second-order valence-corrected chi connectivity index (χ2v) is 22.6. The van der Waals surface area contributed by atoms with Crippen LogP contribution in [0.4, 0.5) is 0 Å². The first-order valence-corrected chi connectivity index (χ1v) is 29.7. The predicted molar refractivity (Wildman–Crippen MR) is 368 cm³/mol. The molecule has 0 amide bonds. The van der Waals surface area contributed by atoms with Gasteiger partial charge in [-0.2, -0.15) is 0 Å². The summed E-state index contributed by atoms with van der Waals surface area (Å²) in [5.74, 6) is 0. The molecule has 16 aromatic carbocycles. The summed E-state index contributed by atoms with van der Waals surface area (Å²) in [6.45, 7) is 0. The van der Waals surface area contributed by atoms with E-state index in [9.17, 15) is 0 Å². The molecule has 0 aliphatic carbocycles. The van der Waals surface area contributed by atoms with Crippen molar-refractivity contribution in [2.24, 2.45) is 0 Å². The number of nitrogens with zero attached hydrogens (tertiary/aromatic N) is 2. The Morgan fingerprint density at radius 2 is 0.558 bits per heavy atom. The molecule has 0 spiro atoms. The number of benzene rings is 16. The van der Waals surface area contributed by atoms with Gasteiger partial charge in [-0.15, -0.1) is 0 Å². The summed E-state index contributed by atoms with van der Waals surface area (Å²) >= 11 is 0. The first kappa shape index (κ1) is 49.3. The minimum Gasteiger partial charge on any atom is -0.309 e. The van der Waals surface area contributed by atoms with E-state index in [2.05, 4.69) is 337 Å². The molecule has 18 rings (SSSR count). The van der Waals surface area contributed by atoms with Gasteiger partial charge in [0.2, 0.25) is 0 Å². The summed E-state index contributed by atoms with van der Waals surface area (Å²) in [5, 5.41) is 20.5. The van der Waals surface area contributed by atoms with E-state index in [0.717, 1.165) is 5.69 Å². The highest BCUT2D eigenvalue weighted by atomic mass is 15.0. The number of para-hydroxylation sites is 2. The van der Waals surface area contributed by atoms with Crippen LogP contribution in [-0.2, 0) is 0 Å². The molecule has 0 N–H and O–H groups in total.